The van der Waals surface area contributed by atoms with Crippen molar-refractivity contribution in [2.24, 2.45) is 4.99 Å². The van der Waals surface area contributed by atoms with Gasteiger partial charge in [0.15, 0.2) is 0 Å². The average molecular weight is 277 g/mol. The number of hydrogen-bond acceptors (Lipinski definition) is 5. The molecule has 0 saturated heterocycles. The van der Waals surface area contributed by atoms with Crippen LogP contribution < -0.4 is 24.0 Å². The minimum absolute atomic E-state index is 0. The molecule has 0 heterocycles. The van der Waals surface area contributed by atoms with E-state index in [4.69, 9.17) is 4.55 Å². The zero-order valence-corrected chi connectivity index (χ0v) is 11.7. The standard InChI is InChI=1S/C11H13NO5S.Li/c1-7-3-4-9(18(15,16)17)6-10(7)12-11(14)5-8(2)13;/h3-4,6H,5H2,1-2H3,(H,12,14)(H,15,16,17);/q;+1/p-1. The zero-order chi connectivity index (χ0) is 13.9. The Morgan fingerprint density at radius 3 is 2.47 bits per heavy atom. The monoisotopic (exact) mass is 277 g/mol. The van der Waals surface area contributed by atoms with E-state index in [1.54, 1.807) is 6.92 Å². The molecule has 0 aliphatic rings. The summed E-state index contributed by atoms with van der Waals surface area (Å²) in [6.45, 7) is 2.89. The van der Waals surface area contributed by atoms with E-state index in [0.29, 0.717) is 5.56 Å². The van der Waals surface area contributed by atoms with Gasteiger partial charge in [-0.3, -0.25) is 14.3 Å². The van der Waals surface area contributed by atoms with Crippen molar-refractivity contribution in [3.05, 3.63) is 23.8 Å². The number of benzene rings is 1. The third-order valence-corrected chi connectivity index (χ3v) is 2.97. The van der Waals surface area contributed by atoms with Crippen LogP contribution in [0, 0.1) is 6.92 Å². The molecule has 1 N–H and O–H groups in total. The molecule has 8 heteroatoms. The van der Waals surface area contributed by atoms with Crippen LogP contribution in [0.1, 0.15) is 18.9 Å². The average Bonchev–Trinajstić information content (AvgIpc) is 2.18. The number of carbonyl (C=O) groups excluding carboxylic acids is 1. The normalized spacial score (nSPS) is 11.8. The summed E-state index contributed by atoms with van der Waals surface area (Å²) in [6, 6.07) is 3.71. The van der Waals surface area contributed by atoms with Gasteiger partial charge in [-0.15, -0.1) is 0 Å². The van der Waals surface area contributed by atoms with Crippen LogP contribution in [-0.4, -0.2) is 24.7 Å². The first-order valence-corrected chi connectivity index (χ1v) is 6.46. The van der Waals surface area contributed by atoms with Crippen molar-refractivity contribution in [1.29, 1.82) is 0 Å². The first kappa shape index (κ1) is 17.9. The van der Waals surface area contributed by atoms with Gasteiger partial charge in [0.25, 0.3) is 10.1 Å². The minimum Gasteiger partial charge on any atom is -0.861 e. The molecule has 19 heavy (non-hydrogen) atoms. The maximum atomic E-state index is 11.3. The van der Waals surface area contributed by atoms with Crippen molar-refractivity contribution < 1.29 is 41.7 Å². The maximum Gasteiger partial charge on any atom is 1.00 e. The third-order valence-electron chi connectivity index (χ3n) is 2.12. The molecule has 0 aromatic heterocycles. The molecule has 1 aromatic rings. The molecule has 0 atom stereocenters. The molecule has 6 nitrogen and oxygen atoms in total. The van der Waals surface area contributed by atoms with Crippen molar-refractivity contribution in [2.75, 3.05) is 0 Å². The molecule has 0 bridgehead atoms. The molecule has 0 fully saturated rings. The second-order valence-corrected chi connectivity index (χ2v) is 5.23. The van der Waals surface area contributed by atoms with Crippen molar-refractivity contribution in [1.82, 2.24) is 0 Å². The Hall–Kier alpha value is -1.13. The number of aliphatic imine (C=N–C) groups is 1. The second-order valence-electron chi connectivity index (χ2n) is 3.81. The Balaban J connectivity index is 0.00000324. The van der Waals surface area contributed by atoms with Crippen LogP contribution in [-0.2, 0) is 14.9 Å². The van der Waals surface area contributed by atoms with Gasteiger partial charge >= 0.3 is 18.9 Å². The van der Waals surface area contributed by atoms with Gasteiger partial charge in [0.05, 0.1) is 10.6 Å². The van der Waals surface area contributed by atoms with E-state index in [1.165, 1.54) is 19.1 Å². The van der Waals surface area contributed by atoms with E-state index < -0.39 is 16.0 Å². The molecular formula is C11H12LiNO5S. The molecule has 0 aliphatic heterocycles. The van der Waals surface area contributed by atoms with Gasteiger partial charge < -0.3 is 5.11 Å². The number of carbonyl (C=O) groups is 1. The zero-order valence-electron chi connectivity index (χ0n) is 10.9. The van der Waals surface area contributed by atoms with Crippen molar-refractivity contribution >= 4 is 27.5 Å². The fraction of sp³-hybridized carbons (Fsp3) is 0.273. The van der Waals surface area contributed by atoms with Crippen LogP contribution >= 0.6 is 0 Å². The van der Waals surface area contributed by atoms with E-state index in [9.17, 15) is 18.3 Å². The summed E-state index contributed by atoms with van der Waals surface area (Å²) in [6.07, 6.45) is -0.338. The van der Waals surface area contributed by atoms with Crippen LogP contribution in [0.5, 0.6) is 0 Å². The fourth-order valence-corrected chi connectivity index (χ4v) is 1.76. The summed E-state index contributed by atoms with van der Waals surface area (Å²) in [7, 11) is -4.34. The predicted octanol–water partition coefficient (Wildman–Crippen LogP) is -2.38. The van der Waals surface area contributed by atoms with Gasteiger partial charge in [-0.05, 0) is 37.4 Å². The summed E-state index contributed by atoms with van der Waals surface area (Å²) in [5, 5.41) is 11.3. The summed E-state index contributed by atoms with van der Waals surface area (Å²) >= 11 is 0. The second kappa shape index (κ2) is 6.87. The summed E-state index contributed by atoms with van der Waals surface area (Å²) in [5.41, 5.74) is 0.690. The Bertz CT molecular complexity index is 610. The number of hydrogen-bond donors (Lipinski definition) is 1. The fourth-order valence-electron chi connectivity index (χ4n) is 1.26. The summed E-state index contributed by atoms with van der Waals surface area (Å²) in [5.74, 6) is -0.981. The molecule has 0 radical (unpaired) electrons. The Morgan fingerprint density at radius 2 is 2.00 bits per heavy atom. The van der Waals surface area contributed by atoms with E-state index in [-0.39, 0.29) is 41.6 Å². The minimum atomic E-state index is -4.34. The van der Waals surface area contributed by atoms with Gasteiger partial charge in [-0.2, -0.15) is 8.42 Å². The molecule has 1 aromatic carbocycles. The molecule has 0 saturated carbocycles. The molecular weight excluding hydrogens is 265 g/mol. The van der Waals surface area contributed by atoms with Crippen LogP contribution in [0.2, 0.25) is 0 Å². The van der Waals surface area contributed by atoms with E-state index in [2.05, 4.69) is 4.99 Å². The largest absolute Gasteiger partial charge is 1.00 e. The number of aryl methyl sites for hydroxylation is 1. The number of ketones is 1. The van der Waals surface area contributed by atoms with Gasteiger partial charge in [-0.25, -0.2) is 0 Å². The van der Waals surface area contributed by atoms with E-state index in [1.807, 2.05) is 0 Å². The van der Waals surface area contributed by atoms with Crippen molar-refractivity contribution in [2.45, 2.75) is 25.2 Å². The number of rotatable bonds is 4. The quantitative estimate of drug-likeness (QED) is 0.286. The molecule has 0 unspecified atom stereocenters. The summed E-state index contributed by atoms with van der Waals surface area (Å²) in [4.78, 5) is 14.0. The van der Waals surface area contributed by atoms with Crippen molar-refractivity contribution in [3.63, 3.8) is 0 Å². The summed E-state index contributed by atoms with van der Waals surface area (Å²) < 4.78 is 30.7. The van der Waals surface area contributed by atoms with Gasteiger partial charge in [0, 0.05) is 6.42 Å². The van der Waals surface area contributed by atoms with Crippen LogP contribution in [0.25, 0.3) is 0 Å². The van der Waals surface area contributed by atoms with E-state index in [0.717, 1.165) is 6.07 Å². The van der Waals surface area contributed by atoms with Crippen molar-refractivity contribution in [3.8, 4) is 0 Å². The molecule has 98 valence electrons. The first-order valence-electron chi connectivity index (χ1n) is 5.02. The maximum absolute atomic E-state index is 11.3. The van der Waals surface area contributed by atoms with Gasteiger partial charge in [-0.1, -0.05) is 6.07 Å². The molecule has 0 amide bonds. The number of Topliss-reactive ketones (excluding diaryl/α,β-unsaturated/α-hetero) is 1. The molecule has 1 rings (SSSR count). The Kier molecular flexibility index (Phi) is 6.46. The van der Waals surface area contributed by atoms with Gasteiger partial charge in [0.2, 0.25) is 0 Å². The Morgan fingerprint density at radius 1 is 1.42 bits per heavy atom. The smallest absolute Gasteiger partial charge is 0.861 e. The third kappa shape index (κ3) is 5.57. The van der Waals surface area contributed by atoms with Crippen LogP contribution in [0.15, 0.2) is 28.1 Å². The van der Waals surface area contributed by atoms with Crippen LogP contribution in [0.3, 0.4) is 0 Å². The predicted molar refractivity (Wildman–Crippen MR) is 63.4 cm³/mol. The van der Waals surface area contributed by atoms with E-state index >= 15 is 0 Å². The van der Waals surface area contributed by atoms with Crippen LogP contribution in [0.4, 0.5) is 5.69 Å². The molecule has 0 spiro atoms. The Labute approximate surface area is 123 Å². The SMILES string of the molecule is CC(=O)CC([O-])=Nc1cc(S(=O)(=O)O)ccc1C.[Li+]. The molecule has 0 aliphatic carbocycles. The number of nitrogens with zero attached hydrogens (tertiary/aromatic N) is 1. The topological polar surface area (TPSA) is 107 Å². The van der Waals surface area contributed by atoms with Gasteiger partial charge in [0.1, 0.15) is 5.78 Å². The first-order chi connectivity index (χ1) is 8.20.